The van der Waals surface area contributed by atoms with E-state index < -0.39 is 27.9 Å². The van der Waals surface area contributed by atoms with Gasteiger partial charge >= 0.3 is 0 Å². The first-order chi connectivity index (χ1) is 15.8. The van der Waals surface area contributed by atoms with Crippen LogP contribution in [0, 0.1) is 12.8 Å². The monoisotopic (exact) mass is 509 g/mol. The summed E-state index contributed by atoms with van der Waals surface area (Å²) in [6, 6.07) is 8.04. The van der Waals surface area contributed by atoms with Crippen LogP contribution in [0.5, 0.6) is 5.75 Å². The zero-order valence-electron chi connectivity index (χ0n) is 19.2. The molecule has 0 fully saturated rings. The molecule has 1 atom stereocenters. The Bertz CT molecular complexity index is 1200. The number of sulfonamides is 1. The average molecular weight is 510 g/mol. The number of aromatic hydroxyl groups is 1. The van der Waals surface area contributed by atoms with Gasteiger partial charge in [0.15, 0.2) is 0 Å². The molecule has 2 amide bonds. The SMILES string of the molecule is Cc1ccc(S(=O)(=O)NC(C)CC(=O)Nc2cc(O)c(NC(=O)C(=NN)C(C)C)cc2Cl)cc1. The number of hydrogen-bond donors (Lipinski definition) is 5. The van der Waals surface area contributed by atoms with Gasteiger partial charge < -0.3 is 21.6 Å². The second-order valence-corrected chi connectivity index (χ2v) is 10.2. The first-order valence-corrected chi connectivity index (χ1v) is 12.2. The quantitative estimate of drug-likeness (QED) is 0.151. The van der Waals surface area contributed by atoms with E-state index in [1.807, 2.05) is 6.92 Å². The highest BCUT2D eigenvalue weighted by Crippen LogP contribution is 2.34. The van der Waals surface area contributed by atoms with E-state index in [0.29, 0.717) is 0 Å². The van der Waals surface area contributed by atoms with Crippen molar-refractivity contribution in [3.8, 4) is 5.75 Å². The van der Waals surface area contributed by atoms with Gasteiger partial charge in [0.1, 0.15) is 11.5 Å². The highest BCUT2D eigenvalue weighted by Gasteiger charge is 2.21. The molecule has 10 nitrogen and oxygen atoms in total. The first-order valence-electron chi connectivity index (χ1n) is 10.3. The van der Waals surface area contributed by atoms with Crippen molar-refractivity contribution in [3.63, 3.8) is 0 Å². The van der Waals surface area contributed by atoms with Crippen LogP contribution in [0.4, 0.5) is 11.4 Å². The van der Waals surface area contributed by atoms with E-state index in [-0.39, 0.29) is 45.1 Å². The van der Waals surface area contributed by atoms with E-state index in [1.165, 1.54) is 24.3 Å². The first kappa shape index (κ1) is 27.1. The molecule has 0 aromatic heterocycles. The number of phenols is 1. The highest BCUT2D eigenvalue weighted by atomic mass is 35.5. The summed E-state index contributed by atoms with van der Waals surface area (Å²) in [5, 5.41) is 18.8. The number of amides is 2. The van der Waals surface area contributed by atoms with Crippen LogP contribution in [0.1, 0.15) is 32.8 Å². The lowest BCUT2D eigenvalue weighted by molar-refractivity contribution is -0.116. The Kier molecular flexibility index (Phi) is 9.02. The smallest absolute Gasteiger partial charge is 0.272 e. The minimum Gasteiger partial charge on any atom is -0.506 e. The van der Waals surface area contributed by atoms with Gasteiger partial charge in [-0.2, -0.15) is 5.10 Å². The predicted molar refractivity (Wildman–Crippen MR) is 132 cm³/mol. The third-order valence-electron chi connectivity index (χ3n) is 4.71. The molecule has 2 aromatic rings. The Morgan fingerprint density at radius 2 is 1.71 bits per heavy atom. The van der Waals surface area contributed by atoms with Crippen molar-refractivity contribution in [1.29, 1.82) is 0 Å². The molecule has 1 unspecified atom stereocenters. The zero-order chi connectivity index (χ0) is 25.6. The molecule has 0 spiro atoms. The third kappa shape index (κ3) is 7.17. The van der Waals surface area contributed by atoms with Gasteiger partial charge in [0.05, 0.1) is 21.3 Å². The van der Waals surface area contributed by atoms with Gasteiger partial charge in [0.2, 0.25) is 15.9 Å². The summed E-state index contributed by atoms with van der Waals surface area (Å²) in [4.78, 5) is 24.8. The van der Waals surface area contributed by atoms with Crippen LogP contribution >= 0.6 is 11.6 Å². The van der Waals surface area contributed by atoms with E-state index in [4.69, 9.17) is 17.4 Å². The molecule has 0 radical (unpaired) electrons. The molecular weight excluding hydrogens is 482 g/mol. The number of carbonyl (C=O) groups excluding carboxylic acids is 2. The minimum absolute atomic E-state index is 0.00836. The van der Waals surface area contributed by atoms with Crippen LogP contribution in [0.15, 0.2) is 46.4 Å². The van der Waals surface area contributed by atoms with Crippen molar-refractivity contribution in [2.24, 2.45) is 16.9 Å². The number of nitrogens with one attached hydrogen (secondary N) is 3. The van der Waals surface area contributed by atoms with Gasteiger partial charge in [-0.3, -0.25) is 9.59 Å². The third-order valence-corrected chi connectivity index (χ3v) is 6.62. The number of nitrogens with two attached hydrogens (primary N) is 1. The van der Waals surface area contributed by atoms with Crippen LogP contribution < -0.4 is 21.2 Å². The van der Waals surface area contributed by atoms with E-state index >= 15 is 0 Å². The van der Waals surface area contributed by atoms with E-state index in [0.717, 1.165) is 5.56 Å². The van der Waals surface area contributed by atoms with Crippen molar-refractivity contribution in [1.82, 2.24) is 4.72 Å². The van der Waals surface area contributed by atoms with Crippen molar-refractivity contribution in [2.75, 3.05) is 10.6 Å². The lowest BCUT2D eigenvalue weighted by Crippen LogP contribution is -2.35. The lowest BCUT2D eigenvalue weighted by atomic mass is 10.1. The molecular formula is C22H28ClN5O5S. The number of rotatable bonds is 9. The van der Waals surface area contributed by atoms with E-state index in [9.17, 15) is 23.1 Å². The van der Waals surface area contributed by atoms with Crippen LogP contribution in [0.25, 0.3) is 0 Å². The fourth-order valence-electron chi connectivity index (χ4n) is 2.99. The Morgan fingerprint density at radius 1 is 1.09 bits per heavy atom. The normalized spacial score (nSPS) is 12.9. The van der Waals surface area contributed by atoms with Gasteiger partial charge in [-0.25, -0.2) is 13.1 Å². The number of carbonyl (C=O) groups is 2. The molecule has 0 aliphatic heterocycles. The van der Waals surface area contributed by atoms with Gasteiger partial charge in [0, 0.05) is 24.4 Å². The zero-order valence-corrected chi connectivity index (χ0v) is 20.8. The second-order valence-electron chi connectivity index (χ2n) is 8.06. The predicted octanol–water partition coefficient (Wildman–Crippen LogP) is 2.96. The van der Waals surface area contributed by atoms with E-state index in [1.54, 1.807) is 32.9 Å². The summed E-state index contributed by atoms with van der Waals surface area (Å²) in [7, 11) is -3.80. The Labute approximate surface area is 203 Å². The number of anilines is 2. The maximum atomic E-state index is 12.5. The molecule has 0 aliphatic carbocycles. The molecule has 34 heavy (non-hydrogen) atoms. The number of hydrazone groups is 1. The van der Waals surface area contributed by atoms with Crippen molar-refractivity contribution in [3.05, 3.63) is 47.0 Å². The molecule has 184 valence electrons. The van der Waals surface area contributed by atoms with Crippen molar-refractivity contribution < 1.29 is 23.1 Å². The second kappa shape index (κ2) is 11.3. The van der Waals surface area contributed by atoms with Gasteiger partial charge in [-0.1, -0.05) is 43.1 Å². The number of phenolic OH excluding ortho intramolecular Hbond substituents is 1. The van der Waals surface area contributed by atoms with Gasteiger partial charge in [-0.15, -0.1) is 0 Å². The fourth-order valence-corrected chi connectivity index (χ4v) is 4.44. The molecule has 0 heterocycles. The number of halogens is 1. The maximum Gasteiger partial charge on any atom is 0.272 e. The van der Waals surface area contributed by atoms with Gasteiger partial charge in [0.25, 0.3) is 5.91 Å². The molecule has 0 saturated heterocycles. The largest absolute Gasteiger partial charge is 0.506 e. The molecule has 0 saturated carbocycles. The summed E-state index contributed by atoms with van der Waals surface area (Å²) in [6.07, 6.45) is -0.189. The van der Waals surface area contributed by atoms with Crippen LogP contribution in [-0.4, -0.2) is 37.1 Å². The summed E-state index contributed by atoms with van der Waals surface area (Å²) in [6.45, 7) is 6.86. The molecule has 6 N–H and O–H groups in total. The molecule has 2 rings (SSSR count). The summed E-state index contributed by atoms with van der Waals surface area (Å²) in [5.41, 5.74) is 1.10. The highest BCUT2D eigenvalue weighted by molar-refractivity contribution is 7.89. The minimum atomic E-state index is -3.80. The Morgan fingerprint density at radius 3 is 2.26 bits per heavy atom. The standard InChI is InChI=1S/C22H28ClN5O5S/c1-12(2)21(27-24)22(31)26-18-10-16(23)17(11-19(18)29)25-20(30)9-14(4)28-34(32,33)15-7-5-13(3)6-8-15/h5-8,10-12,14,28-29H,9,24H2,1-4H3,(H,25,30)(H,26,31). The van der Waals surface area contributed by atoms with Gasteiger partial charge in [-0.05, 0) is 32.0 Å². The Hall–Kier alpha value is -3.15. The summed E-state index contributed by atoms with van der Waals surface area (Å²) < 4.78 is 27.4. The summed E-state index contributed by atoms with van der Waals surface area (Å²) >= 11 is 6.20. The number of benzene rings is 2. The Balaban J connectivity index is 2.05. The average Bonchev–Trinajstić information content (AvgIpc) is 2.71. The van der Waals surface area contributed by atoms with Crippen molar-refractivity contribution in [2.45, 2.75) is 45.1 Å². The van der Waals surface area contributed by atoms with E-state index in [2.05, 4.69) is 20.5 Å². The number of aryl methyl sites for hydroxylation is 1. The maximum absolute atomic E-state index is 12.5. The molecule has 0 aliphatic rings. The molecule has 0 bridgehead atoms. The lowest BCUT2D eigenvalue weighted by Gasteiger charge is -2.16. The summed E-state index contributed by atoms with van der Waals surface area (Å²) in [5.74, 6) is 3.52. The van der Waals surface area contributed by atoms with Crippen LogP contribution in [0.2, 0.25) is 5.02 Å². The number of hydrogen-bond acceptors (Lipinski definition) is 7. The number of nitrogens with zero attached hydrogens (tertiary/aromatic N) is 1. The van der Waals surface area contributed by atoms with Crippen LogP contribution in [0.3, 0.4) is 0 Å². The van der Waals surface area contributed by atoms with Crippen molar-refractivity contribution >= 4 is 50.5 Å². The fraction of sp³-hybridized carbons (Fsp3) is 0.318. The molecule has 2 aromatic carbocycles. The van der Waals surface area contributed by atoms with Crippen LogP contribution in [-0.2, 0) is 19.6 Å². The topological polar surface area (TPSA) is 163 Å². The molecule has 12 heteroatoms.